The average molecular weight is 343 g/mol. The Balaban J connectivity index is 2.64. The van der Waals surface area contributed by atoms with Gasteiger partial charge in [-0.15, -0.1) is 0 Å². The van der Waals surface area contributed by atoms with E-state index in [0.29, 0.717) is 18.4 Å². The van der Waals surface area contributed by atoms with Gasteiger partial charge in [-0.25, -0.2) is 0 Å². The number of rotatable bonds is 9. The Morgan fingerprint density at radius 1 is 1.17 bits per heavy atom. The first-order valence-corrected chi connectivity index (χ1v) is 8.10. The monoisotopic (exact) mass is 343 g/mol. The molecule has 0 atom stereocenters. The first-order chi connectivity index (χ1) is 11.5. The van der Waals surface area contributed by atoms with Crippen LogP contribution >= 0.6 is 0 Å². The normalized spacial score (nSPS) is 11.8. The van der Waals surface area contributed by atoms with Gasteiger partial charge in [-0.3, -0.25) is 4.99 Å². The van der Waals surface area contributed by atoms with E-state index in [0.717, 1.165) is 24.9 Å². The highest BCUT2D eigenvalue weighted by atomic mass is 19.3. The Kier molecular flexibility index (Phi) is 8.89. The first kappa shape index (κ1) is 20.0. The smallest absolute Gasteiger partial charge is 0.387 e. The third-order valence-electron chi connectivity index (χ3n) is 3.84. The lowest BCUT2D eigenvalue weighted by Crippen LogP contribution is -2.39. The van der Waals surface area contributed by atoms with Crippen molar-refractivity contribution in [1.29, 1.82) is 0 Å². The van der Waals surface area contributed by atoms with Crippen molar-refractivity contribution in [2.45, 2.75) is 39.8 Å². The van der Waals surface area contributed by atoms with Gasteiger partial charge < -0.3 is 20.1 Å². The molecule has 0 aliphatic carbocycles. The number of halogens is 2. The Hall–Kier alpha value is -2.05. The van der Waals surface area contributed by atoms with Crippen molar-refractivity contribution in [3.63, 3.8) is 0 Å². The van der Waals surface area contributed by atoms with Crippen molar-refractivity contribution in [2.24, 2.45) is 10.9 Å². The van der Waals surface area contributed by atoms with Crippen LogP contribution in [0.1, 0.15) is 32.3 Å². The summed E-state index contributed by atoms with van der Waals surface area (Å²) >= 11 is 0. The highest BCUT2D eigenvalue weighted by molar-refractivity contribution is 5.79. The number of methoxy groups -OCH3 is 1. The molecule has 136 valence electrons. The zero-order chi connectivity index (χ0) is 17.9. The van der Waals surface area contributed by atoms with E-state index in [4.69, 9.17) is 4.74 Å². The molecule has 1 aromatic rings. The highest BCUT2D eigenvalue weighted by Gasteiger charge is 2.11. The van der Waals surface area contributed by atoms with E-state index in [1.165, 1.54) is 13.2 Å². The van der Waals surface area contributed by atoms with Gasteiger partial charge in [0.05, 0.1) is 7.11 Å². The van der Waals surface area contributed by atoms with Crippen LogP contribution in [0.5, 0.6) is 11.5 Å². The van der Waals surface area contributed by atoms with E-state index in [2.05, 4.69) is 34.2 Å². The summed E-state index contributed by atoms with van der Waals surface area (Å²) in [5.74, 6) is 1.56. The fourth-order valence-corrected chi connectivity index (χ4v) is 2.24. The minimum Gasteiger partial charge on any atom is -0.493 e. The third-order valence-corrected chi connectivity index (χ3v) is 3.84. The summed E-state index contributed by atoms with van der Waals surface area (Å²) in [4.78, 5) is 4.17. The number of hydrogen-bond donors (Lipinski definition) is 2. The maximum atomic E-state index is 12.5. The summed E-state index contributed by atoms with van der Waals surface area (Å²) in [6.45, 7) is 2.71. The molecule has 0 aromatic heterocycles. The molecule has 24 heavy (non-hydrogen) atoms. The quantitative estimate of drug-likeness (QED) is 0.533. The molecular formula is C17H27F2N3O2. The van der Waals surface area contributed by atoms with Crippen LogP contribution in [0.2, 0.25) is 0 Å². The zero-order valence-electron chi connectivity index (χ0n) is 14.7. The number of aliphatic imine (C=N–C) groups is 1. The molecule has 0 unspecified atom stereocenters. The van der Waals surface area contributed by atoms with Gasteiger partial charge in [0.15, 0.2) is 17.5 Å². The van der Waals surface area contributed by atoms with E-state index in [9.17, 15) is 8.78 Å². The second kappa shape index (κ2) is 10.7. The average Bonchev–Trinajstić information content (AvgIpc) is 2.58. The molecule has 0 bridgehead atoms. The molecule has 1 rings (SSSR count). The molecule has 0 saturated carbocycles. The first-order valence-electron chi connectivity index (χ1n) is 8.10. The van der Waals surface area contributed by atoms with Crippen molar-refractivity contribution in [3.8, 4) is 11.5 Å². The Morgan fingerprint density at radius 3 is 2.42 bits per heavy atom. The summed E-state index contributed by atoms with van der Waals surface area (Å²) in [6, 6.07) is 4.93. The predicted octanol–water partition coefficient (Wildman–Crippen LogP) is 3.40. The van der Waals surface area contributed by atoms with Crippen LogP contribution in [0.25, 0.3) is 0 Å². The van der Waals surface area contributed by atoms with Gasteiger partial charge in [0, 0.05) is 20.1 Å². The van der Waals surface area contributed by atoms with E-state index in [1.54, 1.807) is 19.2 Å². The Bertz CT molecular complexity index is 521. The van der Waals surface area contributed by atoms with Gasteiger partial charge in [0.25, 0.3) is 0 Å². The molecule has 7 heteroatoms. The lowest BCUT2D eigenvalue weighted by Gasteiger charge is -2.17. The number of ether oxygens (including phenoxy) is 2. The number of guanidine groups is 1. The standard InChI is InChI=1S/C17H27F2N3O2/c1-5-12(6-2)10-21-17(20-3)22-11-13-7-8-14(23-4)15(9-13)24-16(18)19/h7-9,12,16H,5-6,10-11H2,1-4H3,(H2,20,21,22). The summed E-state index contributed by atoms with van der Waals surface area (Å²) in [7, 11) is 3.11. The summed E-state index contributed by atoms with van der Waals surface area (Å²) in [5.41, 5.74) is 0.789. The van der Waals surface area contributed by atoms with Crippen molar-refractivity contribution >= 4 is 5.96 Å². The number of benzene rings is 1. The van der Waals surface area contributed by atoms with E-state index < -0.39 is 6.61 Å². The molecule has 0 amide bonds. The summed E-state index contributed by atoms with van der Waals surface area (Å²) < 4.78 is 34.4. The number of hydrogen-bond acceptors (Lipinski definition) is 3. The predicted molar refractivity (Wildman–Crippen MR) is 91.9 cm³/mol. The van der Waals surface area contributed by atoms with Crippen LogP contribution in [-0.4, -0.2) is 33.3 Å². The molecular weight excluding hydrogens is 316 g/mol. The van der Waals surface area contributed by atoms with Gasteiger partial charge in [-0.2, -0.15) is 8.78 Å². The van der Waals surface area contributed by atoms with Crippen LogP contribution in [0.4, 0.5) is 8.78 Å². The molecule has 0 spiro atoms. The fourth-order valence-electron chi connectivity index (χ4n) is 2.24. The molecule has 2 N–H and O–H groups in total. The largest absolute Gasteiger partial charge is 0.493 e. The highest BCUT2D eigenvalue weighted by Crippen LogP contribution is 2.29. The van der Waals surface area contributed by atoms with E-state index >= 15 is 0 Å². The van der Waals surface area contributed by atoms with Crippen LogP contribution < -0.4 is 20.1 Å². The number of nitrogens with one attached hydrogen (secondary N) is 2. The van der Waals surface area contributed by atoms with Crippen LogP contribution in [-0.2, 0) is 6.54 Å². The van der Waals surface area contributed by atoms with Gasteiger partial charge in [-0.1, -0.05) is 32.8 Å². The minimum absolute atomic E-state index is 0.0202. The van der Waals surface area contributed by atoms with Crippen LogP contribution in [0.3, 0.4) is 0 Å². The number of nitrogens with zero attached hydrogens (tertiary/aromatic N) is 1. The number of alkyl halides is 2. The van der Waals surface area contributed by atoms with Crippen LogP contribution in [0.15, 0.2) is 23.2 Å². The lowest BCUT2D eigenvalue weighted by atomic mass is 10.0. The molecule has 0 radical (unpaired) electrons. The maximum absolute atomic E-state index is 12.5. The van der Waals surface area contributed by atoms with E-state index in [-0.39, 0.29) is 11.5 Å². The summed E-state index contributed by atoms with van der Waals surface area (Å²) in [6.07, 6.45) is 2.21. The second-order valence-electron chi connectivity index (χ2n) is 5.35. The molecule has 1 aromatic carbocycles. The Morgan fingerprint density at radius 2 is 1.88 bits per heavy atom. The van der Waals surface area contributed by atoms with Gasteiger partial charge in [0.2, 0.25) is 0 Å². The van der Waals surface area contributed by atoms with Crippen molar-refractivity contribution in [1.82, 2.24) is 10.6 Å². The molecule has 0 aliphatic rings. The Labute approximate surface area is 142 Å². The van der Waals surface area contributed by atoms with Gasteiger partial charge in [-0.05, 0) is 23.6 Å². The molecule has 5 nitrogen and oxygen atoms in total. The fraction of sp³-hybridized carbons (Fsp3) is 0.588. The molecule has 0 fully saturated rings. The van der Waals surface area contributed by atoms with Gasteiger partial charge in [0.1, 0.15) is 0 Å². The van der Waals surface area contributed by atoms with Crippen molar-refractivity contribution in [3.05, 3.63) is 23.8 Å². The van der Waals surface area contributed by atoms with E-state index in [1.807, 2.05) is 0 Å². The third kappa shape index (κ3) is 6.60. The lowest BCUT2D eigenvalue weighted by molar-refractivity contribution is -0.0512. The zero-order valence-corrected chi connectivity index (χ0v) is 14.7. The second-order valence-corrected chi connectivity index (χ2v) is 5.35. The molecule has 0 saturated heterocycles. The van der Waals surface area contributed by atoms with Crippen molar-refractivity contribution < 1.29 is 18.3 Å². The van der Waals surface area contributed by atoms with Crippen LogP contribution in [0, 0.1) is 5.92 Å². The summed E-state index contributed by atoms with van der Waals surface area (Å²) in [5, 5.41) is 6.44. The molecule has 0 aliphatic heterocycles. The minimum atomic E-state index is -2.89. The maximum Gasteiger partial charge on any atom is 0.387 e. The van der Waals surface area contributed by atoms with Gasteiger partial charge >= 0.3 is 6.61 Å². The molecule has 0 heterocycles. The SMILES string of the molecule is CCC(CC)CNC(=NC)NCc1ccc(OC)c(OC(F)F)c1. The van der Waals surface area contributed by atoms with Crippen molar-refractivity contribution in [2.75, 3.05) is 20.7 Å². The topological polar surface area (TPSA) is 54.9 Å².